The predicted octanol–water partition coefficient (Wildman–Crippen LogP) is 2.14. The monoisotopic (exact) mass is 224 g/mol. The first kappa shape index (κ1) is 10.7. The lowest BCUT2D eigenvalue weighted by atomic mass is 9.85. The molecule has 0 amide bonds. The Labute approximate surface area is 96.5 Å². The Bertz CT molecular complexity index is 294. The van der Waals surface area contributed by atoms with Gasteiger partial charge in [-0.3, -0.25) is 4.79 Å². The molecule has 1 saturated heterocycles. The molecule has 3 rings (SSSR count). The van der Waals surface area contributed by atoms with E-state index in [1.807, 2.05) is 0 Å². The first-order valence-corrected chi connectivity index (χ1v) is 6.52. The molecule has 3 heteroatoms. The van der Waals surface area contributed by atoms with Crippen LogP contribution in [0.2, 0.25) is 0 Å². The topological polar surface area (TPSA) is 35.5 Å². The Morgan fingerprint density at radius 3 is 2.75 bits per heavy atom. The minimum Gasteiger partial charge on any atom is -0.347 e. The number of carbonyl (C=O) groups is 1. The SMILES string of the molecule is CC1CCC(=O)C2CCC3(OCCO3)C2C1. The summed E-state index contributed by atoms with van der Waals surface area (Å²) in [6.45, 7) is 3.65. The average molecular weight is 224 g/mol. The molecule has 2 saturated carbocycles. The molecular weight excluding hydrogens is 204 g/mol. The van der Waals surface area contributed by atoms with E-state index >= 15 is 0 Å². The molecule has 90 valence electrons. The molecule has 3 fully saturated rings. The van der Waals surface area contributed by atoms with E-state index in [4.69, 9.17) is 9.47 Å². The highest BCUT2D eigenvalue weighted by Gasteiger charge is 2.55. The van der Waals surface area contributed by atoms with Gasteiger partial charge in [0, 0.05) is 24.7 Å². The lowest BCUT2D eigenvalue weighted by molar-refractivity contribution is -0.189. The van der Waals surface area contributed by atoms with Crippen LogP contribution in [0, 0.1) is 17.8 Å². The summed E-state index contributed by atoms with van der Waals surface area (Å²) in [5, 5.41) is 0. The summed E-state index contributed by atoms with van der Waals surface area (Å²) in [7, 11) is 0. The summed E-state index contributed by atoms with van der Waals surface area (Å²) >= 11 is 0. The zero-order valence-electron chi connectivity index (χ0n) is 9.91. The molecule has 0 aromatic carbocycles. The molecule has 0 N–H and O–H groups in total. The van der Waals surface area contributed by atoms with Gasteiger partial charge in [0.15, 0.2) is 5.79 Å². The lowest BCUT2D eigenvalue weighted by Gasteiger charge is -2.31. The van der Waals surface area contributed by atoms with Crippen LogP contribution in [0.5, 0.6) is 0 Å². The number of ketones is 1. The second kappa shape index (κ2) is 3.81. The first-order chi connectivity index (χ1) is 7.71. The fourth-order valence-corrected chi connectivity index (χ4v) is 3.73. The molecule has 3 atom stereocenters. The van der Waals surface area contributed by atoms with E-state index in [9.17, 15) is 4.79 Å². The van der Waals surface area contributed by atoms with Crippen molar-refractivity contribution in [2.75, 3.05) is 13.2 Å². The lowest BCUT2D eigenvalue weighted by Crippen LogP contribution is -2.38. The zero-order valence-corrected chi connectivity index (χ0v) is 9.91. The molecule has 2 aliphatic carbocycles. The highest BCUT2D eigenvalue weighted by atomic mass is 16.7. The van der Waals surface area contributed by atoms with Crippen molar-refractivity contribution in [2.24, 2.45) is 17.8 Å². The summed E-state index contributed by atoms with van der Waals surface area (Å²) in [6, 6.07) is 0. The van der Waals surface area contributed by atoms with Gasteiger partial charge in [0.25, 0.3) is 0 Å². The van der Waals surface area contributed by atoms with Crippen LogP contribution in [-0.4, -0.2) is 24.8 Å². The molecule has 0 aromatic rings. The second-order valence-electron chi connectivity index (χ2n) is 5.61. The van der Waals surface area contributed by atoms with Gasteiger partial charge in [-0.05, 0) is 25.2 Å². The Hall–Kier alpha value is -0.410. The summed E-state index contributed by atoms with van der Waals surface area (Å²) in [4.78, 5) is 12.1. The molecule has 3 nitrogen and oxygen atoms in total. The minimum atomic E-state index is -0.390. The Balaban J connectivity index is 1.88. The average Bonchev–Trinajstić information content (AvgIpc) is 2.83. The number of ether oxygens (including phenoxy) is 2. The van der Waals surface area contributed by atoms with Crippen molar-refractivity contribution in [3.8, 4) is 0 Å². The molecule has 1 aliphatic heterocycles. The molecule has 0 radical (unpaired) electrons. The van der Waals surface area contributed by atoms with Gasteiger partial charge in [0.05, 0.1) is 13.2 Å². The van der Waals surface area contributed by atoms with Gasteiger partial charge in [-0.2, -0.15) is 0 Å². The van der Waals surface area contributed by atoms with E-state index in [2.05, 4.69) is 6.92 Å². The van der Waals surface area contributed by atoms with Gasteiger partial charge in [0.2, 0.25) is 0 Å². The van der Waals surface area contributed by atoms with Crippen LogP contribution >= 0.6 is 0 Å². The van der Waals surface area contributed by atoms with E-state index < -0.39 is 0 Å². The van der Waals surface area contributed by atoms with Gasteiger partial charge < -0.3 is 9.47 Å². The number of carbonyl (C=O) groups excluding carboxylic acids is 1. The second-order valence-corrected chi connectivity index (χ2v) is 5.61. The molecule has 3 unspecified atom stereocenters. The number of fused-ring (bicyclic) bond motifs is 2. The van der Waals surface area contributed by atoms with Crippen LogP contribution in [-0.2, 0) is 14.3 Å². The third kappa shape index (κ3) is 1.52. The molecule has 0 bridgehead atoms. The zero-order chi connectivity index (χ0) is 11.2. The van der Waals surface area contributed by atoms with E-state index in [0.717, 1.165) is 32.1 Å². The van der Waals surface area contributed by atoms with Gasteiger partial charge in [-0.25, -0.2) is 0 Å². The fraction of sp³-hybridized carbons (Fsp3) is 0.923. The van der Waals surface area contributed by atoms with Gasteiger partial charge in [0.1, 0.15) is 5.78 Å². The van der Waals surface area contributed by atoms with Gasteiger partial charge in [-0.15, -0.1) is 0 Å². The summed E-state index contributed by atoms with van der Waals surface area (Å²) < 4.78 is 11.7. The van der Waals surface area contributed by atoms with Gasteiger partial charge in [-0.1, -0.05) is 6.92 Å². The minimum absolute atomic E-state index is 0.211. The molecule has 0 aromatic heterocycles. The largest absolute Gasteiger partial charge is 0.347 e. The van der Waals surface area contributed by atoms with Crippen molar-refractivity contribution in [1.82, 2.24) is 0 Å². The Morgan fingerprint density at radius 2 is 2.00 bits per heavy atom. The van der Waals surface area contributed by atoms with Gasteiger partial charge >= 0.3 is 0 Å². The summed E-state index contributed by atoms with van der Waals surface area (Å²) in [5.41, 5.74) is 0. The van der Waals surface area contributed by atoms with E-state index in [-0.39, 0.29) is 11.7 Å². The van der Waals surface area contributed by atoms with E-state index in [0.29, 0.717) is 30.8 Å². The third-order valence-electron chi connectivity index (χ3n) is 4.58. The maximum atomic E-state index is 12.1. The molecule has 1 heterocycles. The molecular formula is C13H20O3. The molecule has 3 aliphatic rings. The maximum absolute atomic E-state index is 12.1. The number of rotatable bonds is 0. The summed E-state index contributed by atoms with van der Waals surface area (Å²) in [6.07, 6.45) is 4.79. The van der Waals surface area contributed by atoms with Crippen molar-refractivity contribution in [3.05, 3.63) is 0 Å². The standard InChI is InChI=1S/C13H20O3/c1-9-2-3-12(14)10-4-5-13(11(10)8-9)15-6-7-16-13/h9-11H,2-8H2,1H3. The van der Waals surface area contributed by atoms with Crippen molar-refractivity contribution in [3.63, 3.8) is 0 Å². The fourth-order valence-electron chi connectivity index (χ4n) is 3.73. The predicted molar refractivity (Wildman–Crippen MR) is 58.9 cm³/mol. The van der Waals surface area contributed by atoms with E-state index in [1.165, 1.54) is 0 Å². The Morgan fingerprint density at radius 1 is 1.25 bits per heavy atom. The maximum Gasteiger partial charge on any atom is 0.171 e. The normalized spacial score (nSPS) is 42.3. The first-order valence-electron chi connectivity index (χ1n) is 6.52. The van der Waals surface area contributed by atoms with Crippen LogP contribution in [0.15, 0.2) is 0 Å². The van der Waals surface area contributed by atoms with Crippen molar-refractivity contribution in [1.29, 1.82) is 0 Å². The quantitative estimate of drug-likeness (QED) is 0.632. The van der Waals surface area contributed by atoms with E-state index in [1.54, 1.807) is 0 Å². The number of Topliss-reactive ketones (excluding diaryl/α,β-unsaturated/α-hetero) is 1. The van der Waals surface area contributed by atoms with Crippen LogP contribution in [0.4, 0.5) is 0 Å². The molecule has 16 heavy (non-hydrogen) atoms. The highest BCUT2D eigenvalue weighted by molar-refractivity contribution is 5.82. The van der Waals surface area contributed by atoms with Crippen molar-refractivity contribution < 1.29 is 14.3 Å². The number of hydrogen-bond acceptors (Lipinski definition) is 3. The molecule has 1 spiro atoms. The number of hydrogen-bond donors (Lipinski definition) is 0. The smallest absolute Gasteiger partial charge is 0.171 e. The third-order valence-corrected chi connectivity index (χ3v) is 4.58. The van der Waals surface area contributed by atoms with Crippen LogP contribution in [0.1, 0.15) is 39.0 Å². The van der Waals surface area contributed by atoms with Crippen LogP contribution < -0.4 is 0 Å². The van der Waals surface area contributed by atoms with Crippen molar-refractivity contribution >= 4 is 5.78 Å². The summed E-state index contributed by atoms with van der Waals surface area (Å²) in [5.74, 6) is 1.22. The van der Waals surface area contributed by atoms with Crippen LogP contribution in [0.25, 0.3) is 0 Å². The highest BCUT2D eigenvalue weighted by Crippen LogP contribution is 2.50. The van der Waals surface area contributed by atoms with Crippen molar-refractivity contribution in [2.45, 2.75) is 44.8 Å². The Kier molecular flexibility index (Phi) is 2.55. The van der Waals surface area contributed by atoms with Crippen LogP contribution in [0.3, 0.4) is 0 Å².